The van der Waals surface area contributed by atoms with E-state index in [1.54, 1.807) is 24.3 Å². The second kappa shape index (κ2) is 7.09. The second-order valence-electron chi connectivity index (χ2n) is 4.07. The second-order valence-corrected chi connectivity index (χ2v) is 4.07. The smallest absolute Gasteiger partial charge is 0.150 e. The predicted molar refractivity (Wildman–Crippen MR) is 77.3 cm³/mol. The Morgan fingerprint density at radius 3 is 2.65 bits per heavy atom. The van der Waals surface area contributed by atoms with E-state index in [9.17, 15) is 4.79 Å². The van der Waals surface area contributed by atoms with Crippen LogP contribution in [0, 0.1) is 0 Å². The van der Waals surface area contributed by atoms with E-state index in [2.05, 4.69) is 5.16 Å². The fourth-order valence-electron chi connectivity index (χ4n) is 1.73. The molecule has 2 aromatic carbocycles. The van der Waals surface area contributed by atoms with Crippen LogP contribution < -0.4 is 4.74 Å². The molecule has 0 spiro atoms. The highest BCUT2D eigenvalue weighted by Gasteiger charge is 2.06. The lowest BCUT2D eigenvalue weighted by atomic mass is 10.1. The van der Waals surface area contributed by atoms with E-state index in [4.69, 9.17) is 9.57 Å². The highest BCUT2D eigenvalue weighted by atomic mass is 16.6. The topological polar surface area (TPSA) is 47.9 Å². The SMILES string of the molecule is CON=C(COc1cccc(C=O)c1)c1ccccc1. The highest BCUT2D eigenvalue weighted by molar-refractivity contribution is 6.01. The van der Waals surface area contributed by atoms with Crippen molar-refractivity contribution in [3.8, 4) is 5.75 Å². The average Bonchev–Trinajstić information content (AvgIpc) is 2.52. The number of nitrogens with zero attached hydrogens (tertiary/aromatic N) is 1. The van der Waals surface area contributed by atoms with Crippen molar-refractivity contribution in [3.05, 3.63) is 65.7 Å². The summed E-state index contributed by atoms with van der Waals surface area (Å²) in [6.45, 7) is 0.264. The van der Waals surface area contributed by atoms with Crippen LogP contribution in [0.3, 0.4) is 0 Å². The highest BCUT2D eigenvalue weighted by Crippen LogP contribution is 2.13. The van der Waals surface area contributed by atoms with Gasteiger partial charge in [0.2, 0.25) is 0 Å². The molecule has 0 aliphatic rings. The van der Waals surface area contributed by atoms with Crippen LogP contribution in [0.25, 0.3) is 0 Å². The Labute approximate surface area is 117 Å². The number of aldehydes is 1. The summed E-state index contributed by atoms with van der Waals surface area (Å²) in [4.78, 5) is 15.6. The van der Waals surface area contributed by atoms with Crippen molar-refractivity contribution in [3.63, 3.8) is 0 Å². The standard InChI is InChI=1S/C16H15NO3/c1-19-17-16(14-7-3-2-4-8-14)12-20-15-9-5-6-13(10-15)11-18/h2-11H,12H2,1H3. The number of carbonyl (C=O) groups is 1. The van der Waals surface area contributed by atoms with Gasteiger partial charge in [0.15, 0.2) is 0 Å². The third-order valence-electron chi connectivity index (χ3n) is 2.68. The molecular weight excluding hydrogens is 254 g/mol. The quantitative estimate of drug-likeness (QED) is 0.460. The maximum Gasteiger partial charge on any atom is 0.150 e. The number of carbonyl (C=O) groups excluding carboxylic acids is 1. The van der Waals surface area contributed by atoms with Gasteiger partial charge in [0, 0.05) is 11.1 Å². The van der Waals surface area contributed by atoms with E-state index in [-0.39, 0.29) is 6.61 Å². The first-order chi connectivity index (χ1) is 9.83. The molecule has 4 heteroatoms. The van der Waals surface area contributed by atoms with E-state index in [1.165, 1.54) is 7.11 Å². The Kier molecular flexibility index (Phi) is 4.89. The summed E-state index contributed by atoms with van der Waals surface area (Å²) >= 11 is 0. The molecule has 0 saturated heterocycles. The lowest BCUT2D eigenvalue weighted by molar-refractivity contribution is 0.112. The van der Waals surface area contributed by atoms with Crippen molar-refractivity contribution in [2.45, 2.75) is 0 Å². The number of rotatable bonds is 6. The minimum Gasteiger partial charge on any atom is -0.487 e. The fraction of sp³-hybridized carbons (Fsp3) is 0.125. The van der Waals surface area contributed by atoms with Crippen molar-refractivity contribution in [1.29, 1.82) is 0 Å². The van der Waals surface area contributed by atoms with Crippen LogP contribution >= 0.6 is 0 Å². The summed E-state index contributed by atoms with van der Waals surface area (Å²) in [5.41, 5.74) is 2.19. The molecule has 0 unspecified atom stereocenters. The zero-order chi connectivity index (χ0) is 14.2. The number of hydrogen-bond acceptors (Lipinski definition) is 4. The van der Waals surface area contributed by atoms with Gasteiger partial charge in [-0.1, -0.05) is 47.6 Å². The molecule has 102 valence electrons. The summed E-state index contributed by atoms with van der Waals surface area (Å²) in [7, 11) is 1.50. The summed E-state index contributed by atoms with van der Waals surface area (Å²) in [5.74, 6) is 0.620. The van der Waals surface area contributed by atoms with Crippen molar-refractivity contribution >= 4 is 12.0 Å². The Balaban J connectivity index is 2.10. The molecule has 4 nitrogen and oxygen atoms in total. The Morgan fingerprint density at radius 2 is 1.95 bits per heavy atom. The first-order valence-corrected chi connectivity index (χ1v) is 6.17. The van der Waals surface area contributed by atoms with Gasteiger partial charge in [-0.3, -0.25) is 4.79 Å². The van der Waals surface area contributed by atoms with Crippen LogP contribution in [0.1, 0.15) is 15.9 Å². The third-order valence-corrected chi connectivity index (χ3v) is 2.68. The van der Waals surface area contributed by atoms with E-state index in [1.807, 2.05) is 30.3 Å². The lowest BCUT2D eigenvalue weighted by Gasteiger charge is -2.09. The summed E-state index contributed by atoms with van der Waals surface area (Å²) in [5, 5.41) is 3.97. The van der Waals surface area contributed by atoms with Gasteiger partial charge >= 0.3 is 0 Å². The molecule has 0 radical (unpaired) electrons. The first kappa shape index (κ1) is 13.8. The lowest BCUT2D eigenvalue weighted by Crippen LogP contribution is -2.13. The maximum absolute atomic E-state index is 10.7. The van der Waals surface area contributed by atoms with Crippen molar-refractivity contribution < 1.29 is 14.4 Å². The Morgan fingerprint density at radius 1 is 1.15 bits per heavy atom. The molecule has 0 saturated carbocycles. The molecule has 0 fully saturated rings. The summed E-state index contributed by atoms with van der Waals surface area (Å²) in [6, 6.07) is 16.6. The molecule has 0 amide bonds. The largest absolute Gasteiger partial charge is 0.487 e. The van der Waals surface area contributed by atoms with Crippen molar-refractivity contribution in [2.75, 3.05) is 13.7 Å². The van der Waals surface area contributed by atoms with Gasteiger partial charge in [-0.05, 0) is 12.1 Å². The van der Waals surface area contributed by atoms with E-state index in [0.717, 1.165) is 11.8 Å². The first-order valence-electron chi connectivity index (χ1n) is 6.17. The fourth-order valence-corrected chi connectivity index (χ4v) is 1.73. The number of benzene rings is 2. The van der Waals surface area contributed by atoms with Crippen LogP contribution in [-0.4, -0.2) is 25.7 Å². The third kappa shape index (κ3) is 3.68. The summed E-state index contributed by atoms with van der Waals surface area (Å²) < 4.78 is 5.65. The van der Waals surface area contributed by atoms with Gasteiger partial charge in [0.05, 0.1) is 0 Å². The molecule has 0 aromatic heterocycles. The maximum atomic E-state index is 10.7. The van der Waals surface area contributed by atoms with Gasteiger partial charge in [0.25, 0.3) is 0 Å². The number of oxime groups is 1. The van der Waals surface area contributed by atoms with Crippen LogP contribution in [0.5, 0.6) is 5.75 Å². The van der Waals surface area contributed by atoms with Crippen molar-refractivity contribution in [1.82, 2.24) is 0 Å². The molecular formula is C16H15NO3. The molecule has 2 rings (SSSR count). The van der Waals surface area contributed by atoms with Crippen LogP contribution in [0.4, 0.5) is 0 Å². The van der Waals surface area contributed by atoms with E-state index in [0.29, 0.717) is 17.0 Å². The van der Waals surface area contributed by atoms with Gasteiger partial charge < -0.3 is 9.57 Å². The monoisotopic (exact) mass is 269 g/mol. The predicted octanol–water partition coefficient (Wildman–Crippen LogP) is 2.93. The molecule has 0 bridgehead atoms. The minimum absolute atomic E-state index is 0.264. The molecule has 0 N–H and O–H groups in total. The molecule has 0 heterocycles. The Hall–Kier alpha value is -2.62. The number of ether oxygens (including phenoxy) is 1. The molecule has 2 aromatic rings. The minimum atomic E-state index is 0.264. The normalized spacial score (nSPS) is 10.9. The summed E-state index contributed by atoms with van der Waals surface area (Å²) in [6.07, 6.45) is 0.786. The zero-order valence-electron chi connectivity index (χ0n) is 11.2. The molecule has 0 atom stereocenters. The molecule has 0 aliphatic carbocycles. The van der Waals surface area contributed by atoms with Crippen molar-refractivity contribution in [2.24, 2.45) is 5.16 Å². The molecule has 20 heavy (non-hydrogen) atoms. The van der Waals surface area contributed by atoms with E-state index < -0.39 is 0 Å². The van der Waals surface area contributed by atoms with Gasteiger partial charge in [0.1, 0.15) is 31.5 Å². The number of hydrogen-bond donors (Lipinski definition) is 0. The Bertz CT molecular complexity index is 594. The van der Waals surface area contributed by atoms with Crippen LogP contribution in [-0.2, 0) is 4.84 Å². The van der Waals surface area contributed by atoms with Crippen LogP contribution in [0.15, 0.2) is 59.8 Å². The van der Waals surface area contributed by atoms with E-state index >= 15 is 0 Å². The van der Waals surface area contributed by atoms with Gasteiger partial charge in [-0.25, -0.2) is 0 Å². The van der Waals surface area contributed by atoms with Crippen LogP contribution in [0.2, 0.25) is 0 Å². The van der Waals surface area contributed by atoms with Gasteiger partial charge in [-0.2, -0.15) is 0 Å². The molecule has 0 aliphatic heterocycles. The average molecular weight is 269 g/mol. The van der Waals surface area contributed by atoms with Gasteiger partial charge in [-0.15, -0.1) is 0 Å². The zero-order valence-corrected chi connectivity index (χ0v) is 11.2.